The number of hydrogen-bond acceptors (Lipinski definition) is 4. The van der Waals surface area contributed by atoms with Gasteiger partial charge in [-0.05, 0) is 37.6 Å². The van der Waals surface area contributed by atoms with Crippen LogP contribution in [0.3, 0.4) is 0 Å². The number of hydrogen-bond donors (Lipinski definition) is 1. The number of carbonyl (C=O) groups excluding carboxylic acids is 1. The SMILES string of the molecule is CN(CC(=O)NC1CC1)Cc1ccnc(C#N)c1. The van der Waals surface area contributed by atoms with Crippen molar-refractivity contribution in [2.75, 3.05) is 13.6 Å². The number of nitrogens with zero attached hydrogens (tertiary/aromatic N) is 3. The van der Waals surface area contributed by atoms with E-state index >= 15 is 0 Å². The molecule has 1 heterocycles. The molecule has 1 aliphatic rings. The molecule has 1 saturated carbocycles. The lowest BCUT2D eigenvalue weighted by atomic mass is 10.2. The maximum absolute atomic E-state index is 11.6. The van der Waals surface area contributed by atoms with Crippen molar-refractivity contribution in [3.63, 3.8) is 0 Å². The van der Waals surface area contributed by atoms with Gasteiger partial charge in [-0.2, -0.15) is 5.26 Å². The van der Waals surface area contributed by atoms with Crippen LogP contribution in [0, 0.1) is 11.3 Å². The Labute approximate surface area is 106 Å². The monoisotopic (exact) mass is 244 g/mol. The van der Waals surface area contributed by atoms with E-state index in [0.29, 0.717) is 24.8 Å². The van der Waals surface area contributed by atoms with E-state index in [4.69, 9.17) is 5.26 Å². The number of rotatable bonds is 5. The van der Waals surface area contributed by atoms with Gasteiger partial charge in [0, 0.05) is 18.8 Å². The van der Waals surface area contributed by atoms with Gasteiger partial charge in [-0.3, -0.25) is 9.69 Å². The van der Waals surface area contributed by atoms with Crippen molar-refractivity contribution in [3.05, 3.63) is 29.6 Å². The molecule has 1 fully saturated rings. The van der Waals surface area contributed by atoms with Crippen LogP contribution in [-0.4, -0.2) is 35.4 Å². The van der Waals surface area contributed by atoms with Crippen molar-refractivity contribution >= 4 is 5.91 Å². The number of aromatic nitrogens is 1. The van der Waals surface area contributed by atoms with Gasteiger partial charge in [0.15, 0.2) is 0 Å². The minimum absolute atomic E-state index is 0.0644. The minimum atomic E-state index is 0.0644. The van der Waals surface area contributed by atoms with E-state index in [2.05, 4.69) is 10.3 Å². The fourth-order valence-corrected chi connectivity index (χ4v) is 1.75. The van der Waals surface area contributed by atoms with Crippen LogP contribution in [0.1, 0.15) is 24.1 Å². The zero-order valence-corrected chi connectivity index (χ0v) is 10.4. The Morgan fingerprint density at radius 1 is 1.67 bits per heavy atom. The van der Waals surface area contributed by atoms with Gasteiger partial charge in [-0.25, -0.2) is 4.98 Å². The van der Waals surface area contributed by atoms with Crippen molar-refractivity contribution in [3.8, 4) is 6.07 Å². The van der Waals surface area contributed by atoms with Crippen LogP contribution in [0.15, 0.2) is 18.3 Å². The first-order chi connectivity index (χ1) is 8.67. The molecule has 1 N–H and O–H groups in total. The Bertz CT molecular complexity index is 476. The van der Waals surface area contributed by atoms with Crippen LogP contribution in [0.4, 0.5) is 0 Å². The Kier molecular flexibility index (Phi) is 3.90. The van der Waals surface area contributed by atoms with Gasteiger partial charge in [0.25, 0.3) is 0 Å². The molecule has 5 heteroatoms. The molecule has 18 heavy (non-hydrogen) atoms. The highest BCUT2D eigenvalue weighted by atomic mass is 16.2. The number of pyridine rings is 1. The summed E-state index contributed by atoms with van der Waals surface area (Å²) in [6.45, 7) is 1.01. The molecular weight excluding hydrogens is 228 g/mol. The molecule has 0 aromatic carbocycles. The van der Waals surface area contributed by atoms with E-state index in [1.165, 1.54) is 0 Å². The van der Waals surface area contributed by atoms with Gasteiger partial charge in [0.1, 0.15) is 11.8 Å². The summed E-state index contributed by atoms with van der Waals surface area (Å²) in [5, 5.41) is 11.7. The Balaban J connectivity index is 1.83. The summed E-state index contributed by atoms with van der Waals surface area (Å²) in [6, 6.07) is 6.01. The number of amides is 1. The van der Waals surface area contributed by atoms with Crippen LogP contribution in [0.25, 0.3) is 0 Å². The molecule has 1 aliphatic carbocycles. The molecule has 5 nitrogen and oxygen atoms in total. The number of nitrogens with one attached hydrogen (secondary N) is 1. The lowest BCUT2D eigenvalue weighted by Crippen LogP contribution is -2.35. The maximum atomic E-state index is 11.6. The van der Waals surface area contributed by atoms with Crippen molar-refractivity contribution in [2.45, 2.75) is 25.4 Å². The third-order valence-corrected chi connectivity index (χ3v) is 2.75. The third kappa shape index (κ3) is 3.82. The molecule has 0 spiro atoms. The molecule has 0 saturated heterocycles. The maximum Gasteiger partial charge on any atom is 0.234 e. The highest BCUT2D eigenvalue weighted by Crippen LogP contribution is 2.18. The van der Waals surface area contributed by atoms with Crippen LogP contribution < -0.4 is 5.32 Å². The van der Waals surface area contributed by atoms with Crippen molar-refractivity contribution < 1.29 is 4.79 Å². The van der Waals surface area contributed by atoms with E-state index in [-0.39, 0.29) is 5.91 Å². The smallest absolute Gasteiger partial charge is 0.234 e. The molecule has 94 valence electrons. The second-order valence-corrected chi connectivity index (χ2v) is 4.68. The number of carbonyl (C=O) groups is 1. The second kappa shape index (κ2) is 5.61. The zero-order valence-electron chi connectivity index (χ0n) is 10.4. The van der Waals surface area contributed by atoms with Gasteiger partial charge in [-0.15, -0.1) is 0 Å². The third-order valence-electron chi connectivity index (χ3n) is 2.75. The summed E-state index contributed by atoms with van der Waals surface area (Å²) >= 11 is 0. The van der Waals surface area contributed by atoms with Crippen LogP contribution >= 0.6 is 0 Å². The fraction of sp³-hybridized carbons (Fsp3) is 0.462. The summed E-state index contributed by atoms with van der Waals surface area (Å²) in [6.07, 6.45) is 3.82. The van der Waals surface area contributed by atoms with Gasteiger partial charge < -0.3 is 5.32 Å². The first-order valence-corrected chi connectivity index (χ1v) is 6.00. The first-order valence-electron chi connectivity index (χ1n) is 6.00. The Morgan fingerprint density at radius 2 is 2.44 bits per heavy atom. The summed E-state index contributed by atoms with van der Waals surface area (Å²) in [4.78, 5) is 17.4. The molecule has 0 unspecified atom stereocenters. The zero-order chi connectivity index (χ0) is 13.0. The quantitative estimate of drug-likeness (QED) is 0.826. The number of likely N-dealkylation sites (N-methyl/N-ethyl adjacent to an activating group) is 1. The Morgan fingerprint density at radius 3 is 3.11 bits per heavy atom. The van der Waals surface area contributed by atoms with E-state index in [9.17, 15) is 4.79 Å². The number of nitriles is 1. The van der Waals surface area contributed by atoms with Gasteiger partial charge >= 0.3 is 0 Å². The highest BCUT2D eigenvalue weighted by Gasteiger charge is 2.23. The minimum Gasteiger partial charge on any atom is -0.352 e. The summed E-state index contributed by atoms with van der Waals surface area (Å²) in [7, 11) is 1.89. The van der Waals surface area contributed by atoms with E-state index in [1.54, 1.807) is 12.3 Å². The lowest BCUT2D eigenvalue weighted by molar-refractivity contribution is -0.122. The molecule has 0 bridgehead atoms. The molecule has 0 radical (unpaired) electrons. The normalized spacial score (nSPS) is 14.3. The topological polar surface area (TPSA) is 69.0 Å². The highest BCUT2D eigenvalue weighted by molar-refractivity contribution is 5.78. The van der Waals surface area contributed by atoms with Gasteiger partial charge in [0.2, 0.25) is 5.91 Å². The molecule has 0 atom stereocenters. The van der Waals surface area contributed by atoms with Crippen molar-refractivity contribution in [2.24, 2.45) is 0 Å². The van der Waals surface area contributed by atoms with E-state index in [1.807, 2.05) is 24.1 Å². The molecule has 1 amide bonds. The van der Waals surface area contributed by atoms with E-state index < -0.39 is 0 Å². The first kappa shape index (κ1) is 12.5. The van der Waals surface area contributed by atoms with Crippen molar-refractivity contribution in [1.29, 1.82) is 5.26 Å². The predicted molar refractivity (Wildman–Crippen MR) is 66.5 cm³/mol. The summed E-state index contributed by atoms with van der Waals surface area (Å²) in [5.74, 6) is 0.0644. The predicted octanol–water partition coefficient (Wildman–Crippen LogP) is 0.664. The molecule has 0 aliphatic heterocycles. The standard InChI is InChI=1S/C13H16N4O/c1-17(9-13(18)16-11-2-3-11)8-10-4-5-15-12(6-10)7-14/h4-6,11H,2-3,8-9H2,1H3,(H,16,18). The van der Waals surface area contributed by atoms with Gasteiger partial charge in [0.05, 0.1) is 6.54 Å². The summed E-state index contributed by atoms with van der Waals surface area (Å²) in [5.41, 5.74) is 1.40. The average molecular weight is 244 g/mol. The molecular formula is C13H16N4O. The molecule has 1 aromatic heterocycles. The molecule has 1 aromatic rings. The average Bonchev–Trinajstić information content (AvgIpc) is 3.12. The van der Waals surface area contributed by atoms with Gasteiger partial charge in [-0.1, -0.05) is 0 Å². The van der Waals surface area contributed by atoms with Crippen LogP contribution in [0.5, 0.6) is 0 Å². The van der Waals surface area contributed by atoms with Crippen molar-refractivity contribution in [1.82, 2.24) is 15.2 Å². The summed E-state index contributed by atoms with van der Waals surface area (Å²) < 4.78 is 0. The van der Waals surface area contributed by atoms with E-state index in [0.717, 1.165) is 18.4 Å². The Hall–Kier alpha value is -1.93. The van der Waals surface area contributed by atoms with Crippen LogP contribution in [0.2, 0.25) is 0 Å². The fourth-order valence-electron chi connectivity index (χ4n) is 1.75. The second-order valence-electron chi connectivity index (χ2n) is 4.68. The molecule has 2 rings (SSSR count). The van der Waals surface area contributed by atoms with Crippen LogP contribution in [-0.2, 0) is 11.3 Å². The lowest BCUT2D eigenvalue weighted by Gasteiger charge is -2.16. The largest absolute Gasteiger partial charge is 0.352 e.